The monoisotopic (exact) mass is 753 g/mol. The van der Waals surface area contributed by atoms with Crippen molar-refractivity contribution in [3.8, 4) is 5.75 Å². The third-order valence-electron chi connectivity index (χ3n) is 11.5. The number of benzene rings is 1. The predicted molar refractivity (Wildman–Crippen MR) is 204 cm³/mol. The lowest BCUT2D eigenvalue weighted by Gasteiger charge is -2.39. The van der Waals surface area contributed by atoms with Gasteiger partial charge in [0.15, 0.2) is 0 Å². The number of carbonyl (C=O) groups is 4. The number of fused-ring (bicyclic) bond motifs is 3. The van der Waals surface area contributed by atoms with E-state index in [0.717, 1.165) is 50.6 Å². The van der Waals surface area contributed by atoms with Crippen LogP contribution >= 0.6 is 11.3 Å². The lowest BCUT2D eigenvalue weighted by atomic mass is 9.80. The maximum atomic E-state index is 14.5. The van der Waals surface area contributed by atoms with E-state index in [2.05, 4.69) is 36.7 Å². The fraction of sp³-hybridized carbons (Fsp3) is 0.675. The Morgan fingerprint density at radius 2 is 1.87 bits per heavy atom. The average Bonchev–Trinajstić information content (AvgIpc) is 3.64. The Morgan fingerprint density at radius 1 is 1.09 bits per heavy atom. The van der Waals surface area contributed by atoms with Crippen LogP contribution in [0.15, 0.2) is 23.6 Å². The number of amides is 3. The molecule has 2 fully saturated rings. The highest BCUT2D eigenvalue weighted by atomic mass is 32.1. The van der Waals surface area contributed by atoms with Crippen molar-refractivity contribution >= 4 is 35.0 Å². The number of carbonyl (C=O) groups excluding carboxylic acids is 3. The molecule has 1 aromatic heterocycles. The molecule has 2 aliphatic carbocycles. The molecule has 3 amide bonds. The Morgan fingerprint density at radius 3 is 2.51 bits per heavy atom. The van der Waals surface area contributed by atoms with Crippen molar-refractivity contribution in [1.82, 2.24) is 25.8 Å². The van der Waals surface area contributed by atoms with E-state index in [1.54, 1.807) is 17.5 Å². The highest BCUT2D eigenvalue weighted by molar-refractivity contribution is 7.09. The second-order valence-corrected chi connectivity index (χ2v) is 16.5. The van der Waals surface area contributed by atoms with Gasteiger partial charge in [0, 0.05) is 42.5 Å². The molecule has 1 aliphatic heterocycles. The second-order valence-electron chi connectivity index (χ2n) is 15.7. The van der Waals surface area contributed by atoms with Crippen LogP contribution in [0.3, 0.4) is 0 Å². The first-order valence-electron chi connectivity index (χ1n) is 19.6. The highest BCUT2D eigenvalue weighted by Gasteiger charge is 2.61. The number of nitrogens with zero attached hydrogens (tertiary/aromatic N) is 2. The lowest BCUT2D eigenvalue weighted by Crippen LogP contribution is -2.58. The van der Waals surface area contributed by atoms with E-state index < -0.39 is 29.6 Å². The summed E-state index contributed by atoms with van der Waals surface area (Å²) in [5, 5.41) is 32.0. The van der Waals surface area contributed by atoms with Gasteiger partial charge in [0.25, 0.3) is 5.91 Å². The highest BCUT2D eigenvalue weighted by Crippen LogP contribution is 2.61. The van der Waals surface area contributed by atoms with Crippen LogP contribution in [0.4, 0.5) is 0 Å². The summed E-state index contributed by atoms with van der Waals surface area (Å²) in [6.45, 7) is 14.1. The Kier molecular flexibility index (Phi) is 13.6. The van der Waals surface area contributed by atoms with Crippen molar-refractivity contribution in [2.24, 2.45) is 11.8 Å². The average molecular weight is 754 g/mol. The summed E-state index contributed by atoms with van der Waals surface area (Å²) in [5.74, 6) is -2.39. The van der Waals surface area contributed by atoms with Crippen LogP contribution < -0.4 is 16.0 Å². The van der Waals surface area contributed by atoms with E-state index >= 15 is 0 Å². The molecule has 1 aromatic carbocycles. The van der Waals surface area contributed by atoms with Gasteiger partial charge >= 0.3 is 5.97 Å². The number of phenols is 1. The number of rotatable bonds is 18. The minimum absolute atomic E-state index is 0.0261. The Bertz CT molecular complexity index is 1610. The van der Waals surface area contributed by atoms with Crippen LogP contribution in [-0.2, 0) is 19.1 Å². The van der Waals surface area contributed by atoms with Crippen molar-refractivity contribution in [2.45, 2.75) is 141 Å². The number of hydrogen-bond acceptors (Lipinski definition) is 9. The molecule has 5 N–H and O–H groups in total. The largest absolute Gasteiger partial charge is 0.508 e. The van der Waals surface area contributed by atoms with Crippen molar-refractivity contribution in [3.05, 3.63) is 45.4 Å². The predicted octanol–water partition coefficient (Wildman–Crippen LogP) is 5.87. The summed E-state index contributed by atoms with van der Waals surface area (Å²) in [4.78, 5) is 60.6. The van der Waals surface area contributed by atoms with Gasteiger partial charge in [-0.25, -0.2) is 4.98 Å². The number of aromatic nitrogens is 1. The van der Waals surface area contributed by atoms with E-state index in [1.165, 1.54) is 17.4 Å². The number of hydrogen-bond donors (Lipinski definition) is 5. The van der Waals surface area contributed by atoms with Crippen molar-refractivity contribution in [2.75, 3.05) is 19.7 Å². The number of aliphatic carboxylic acids is 1. The second kappa shape index (κ2) is 17.7. The summed E-state index contributed by atoms with van der Waals surface area (Å²) >= 11 is 1.35. The molecule has 8 atom stereocenters. The van der Waals surface area contributed by atoms with E-state index in [9.17, 15) is 29.4 Å². The summed E-state index contributed by atoms with van der Waals surface area (Å²) in [5.41, 5.74) is 1.01. The zero-order valence-corrected chi connectivity index (χ0v) is 33.0. The van der Waals surface area contributed by atoms with Gasteiger partial charge in [-0.3, -0.25) is 19.2 Å². The van der Waals surface area contributed by atoms with Gasteiger partial charge in [-0.15, -0.1) is 11.3 Å². The number of aromatic hydroxyl groups is 1. The molecule has 53 heavy (non-hydrogen) atoms. The maximum absolute atomic E-state index is 14.5. The van der Waals surface area contributed by atoms with Crippen molar-refractivity contribution in [3.63, 3.8) is 0 Å². The molecule has 2 aromatic rings. The molecule has 1 saturated carbocycles. The summed E-state index contributed by atoms with van der Waals surface area (Å²) in [6.07, 6.45) is 5.91. The van der Waals surface area contributed by atoms with Gasteiger partial charge in [0.05, 0.1) is 12.0 Å². The van der Waals surface area contributed by atoms with Gasteiger partial charge in [0.1, 0.15) is 28.6 Å². The van der Waals surface area contributed by atoms with Crippen LogP contribution in [0.25, 0.3) is 0 Å². The number of nitrogens with one attached hydrogen (secondary N) is 3. The molecule has 2 heterocycles. The molecule has 3 aliphatic rings. The fourth-order valence-electron chi connectivity index (χ4n) is 8.18. The van der Waals surface area contributed by atoms with Gasteiger partial charge in [0.2, 0.25) is 11.8 Å². The third-order valence-corrected chi connectivity index (χ3v) is 12.4. The van der Waals surface area contributed by atoms with Crippen LogP contribution in [0.5, 0.6) is 5.75 Å². The lowest BCUT2D eigenvalue weighted by molar-refractivity contribution is -0.142. The molecule has 12 nitrogen and oxygen atoms in total. The Balaban J connectivity index is 1.34. The quantitative estimate of drug-likeness (QED) is 0.125. The van der Waals surface area contributed by atoms with E-state index in [1.807, 2.05) is 25.7 Å². The first-order chi connectivity index (χ1) is 25.3. The number of carboxylic acids is 1. The number of ether oxygens (including phenoxy) is 1. The zero-order valence-electron chi connectivity index (χ0n) is 32.2. The fourth-order valence-corrected chi connectivity index (χ4v) is 9.04. The van der Waals surface area contributed by atoms with Gasteiger partial charge in [-0.2, -0.15) is 0 Å². The van der Waals surface area contributed by atoms with Gasteiger partial charge in [-0.05, 0) is 80.2 Å². The molecular formula is C40H59N5O7S. The molecule has 0 bridgehead atoms. The SMILES string of the molecule is CCCO[C@H](C[C@H](C(C)C)N(CCC)C(=O)[C@@H](NC(=O)[C@H]1CCCCN1)[C@@H](C)CC)c1nc(C(=O)NC23CC2c2ccc(O)cc2[C@H](C(=O)O)C3)cs1. The summed E-state index contributed by atoms with van der Waals surface area (Å²) in [7, 11) is 0. The minimum atomic E-state index is -0.989. The smallest absolute Gasteiger partial charge is 0.311 e. The maximum Gasteiger partial charge on any atom is 0.311 e. The van der Waals surface area contributed by atoms with Crippen LogP contribution in [0, 0.1) is 11.8 Å². The standard InChI is InChI=1S/C40H59N5O7S/c1-7-16-45(38(49)34(24(6)9-3)43-35(47)30-12-10-11-15-41-30)32(23(4)5)19-33(52-17-8-2)37-42-31(22-53-37)36(48)44-40-20-28(39(50)51)27-18-25(46)13-14-26(27)29(40)21-40/h13-14,18,22-24,28-30,32-34,41,46H,7-12,15-17,19-21H2,1-6H3,(H,43,47)(H,44,48)(H,50,51)/t24-,28+,29?,30+,32+,33+,34-,40?/m0/s1. The van der Waals surface area contributed by atoms with E-state index in [4.69, 9.17) is 9.72 Å². The van der Waals surface area contributed by atoms with Gasteiger partial charge < -0.3 is 35.8 Å². The van der Waals surface area contributed by atoms with Crippen LogP contribution in [-0.4, -0.2) is 87.1 Å². The van der Waals surface area contributed by atoms with E-state index in [-0.39, 0.29) is 65.4 Å². The Hall–Kier alpha value is -3.55. The Labute approximate surface area is 317 Å². The number of thiazole rings is 1. The van der Waals surface area contributed by atoms with Crippen LogP contribution in [0.1, 0.15) is 144 Å². The summed E-state index contributed by atoms with van der Waals surface area (Å²) in [6, 6.07) is 3.68. The molecule has 292 valence electrons. The molecular weight excluding hydrogens is 695 g/mol. The topological polar surface area (TPSA) is 170 Å². The number of phenolic OH excluding ortho intramolecular Hbond substituents is 1. The summed E-state index contributed by atoms with van der Waals surface area (Å²) < 4.78 is 6.41. The molecule has 1 saturated heterocycles. The normalized spacial score (nSPS) is 24.2. The third kappa shape index (κ3) is 9.23. The van der Waals surface area contributed by atoms with Crippen molar-refractivity contribution < 1.29 is 34.1 Å². The number of piperidine rings is 1. The van der Waals surface area contributed by atoms with Gasteiger partial charge in [-0.1, -0.05) is 60.5 Å². The minimum Gasteiger partial charge on any atom is -0.508 e. The molecule has 0 spiro atoms. The molecule has 13 heteroatoms. The van der Waals surface area contributed by atoms with Crippen molar-refractivity contribution in [1.29, 1.82) is 0 Å². The number of carboxylic acid groups (broad SMARTS) is 1. The molecule has 2 unspecified atom stereocenters. The van der Waals surface area contributed by atoms with E-state index in [0.29, 0.717) is 36.6 Å². The molecule has 5 rings (SSSR count). The van der Waals surface area contributed by atoms with Crippen LogP contribution in [0.2, 0.25) is 0 Å². The first-order valence-corrected chi connectivity index (χ1v) is 20.5. The zero-order chi connectivity index (χ0) is 38.4. The first kappa shape index (κ1) is 40.6. The molecule has 0 radical (unpaired) electrons.